The zero-order valence-corrected chi connectivity index (χ0v) is 10.8. The number of rotatable bonds is 4. The van der Waals surface area contributed by atoms with E-state index in [9.17, 15) is 9.90 Å². The van der Waals surface area contributed by atoms with Crippen molar-refractivity contribution >= 4 is 5.78 Å². The topological polar surface area (TPSA) is 52.6 Å². The molecule has 1 aromatic carbocycles. The first-order valence-electron chi connectivity index (χ1n) is 6.43. The molecule has 98 valence electrons. The summed E-state index contributed by atoms with van der Waals surface area (Å²) < 4.78 is 0. The predicted octanol–water partition coefficient (Wildman–Crippen LogP) is 1.18. The van der Waals surface area contributed by atoms with E-state index in [1.54, 1.807) is 12.1 Å². The fourth-order valence-corrected chi connectivity index (χ4v) is 2.20. The summed E-state index contributed by atoms with van der Waals surface area (Å²) in [6.07, 6.45) is 0.469. The van der Waals surface area contributed by atoms with Crippen LogP contribution in [0.15, 0.2) is 18.2 Å². The van der Waals surface area contributed by atoms with E-state index in [0.717, 1.165) is 38.3 Å². The molecule has 0 spiro atoms. The van der Waals surface area contributed by atoms with Gasteiger partial charge in [0.15, 0.2) is 5.78 Å². The minimum atomic E-state index is 0.0229. The number of nitrogens with one attached hydrogen (secondary N) is 1. The number of hydrogen-bond acceptors (Lipinski definition) is 4. The van der Waals surface area contributed by atoms with Crippen molar-refractivity contribution in [3.63, 3.8) is 0 Å². The van der Waals surface area contributed by atoms with Crippen LogP contribution in [0.4, 0.5) is 0 Å². The molecule has 0 amide bonds. The van der Waals surface area contributed by atoms with Crippen LogP contribution in [-0.2, 0) is 0 Å². The van der Waals surface area contributed by atoms with Gasteiger partial charge in [0, 0.05) is 39.1 Å². The van der Waals surface area contributed by atoms with Crippen molar-refractivity contribution in [1.82, 2.24) is 10.2 Å². The molecule has 0 bridgehead atoms. The fraction of sp³-hybridized carbons (Fsp3) is 0.500. The molecule has 1 aliphatic rings. The molecule has 0 radical (unpaired) electrons. The van der Waals surface area contributed by atoms with E-state index < -0.39 is 0 Å². The van der Waals surface area contributed by atoms with Crippen molar-refractivity contribution < 1.29 is 9.90 Å². The third kappa shape index (κ3) is 3.31. The number of piperazine rings is 1. The van der Waals surface area contributed by atoms with Crippen LogP contribution in [0.3, 0.4) is 0 Å². The Morgan fingerprint density at radius 1 is 1.39 bits per heavy atom. The number of phenolic OH excluding ortho intramolecular Hbond substituents is 1. The molecule has 1 heterocycles. The number of benzene rings is 1. The van der Waals surface area contributed by atoms with Crippen LogP contribution in [0.1, 0.15) is 22.3 Å². The number of hydrogen-bond donors (Lipinski definition) is 2. The number of Topliss-reactive ketones (excluding diaryl/α,β-unsaturated/α-hetero) is 1. The molecule has 0 atom stereocenters. The summed E-state index contributed by atoms with van der Waals surface area (Å²) in [7, 11) is 0. The van der Waals surface area contributed by atoms with Gasteiger partial charge >= 0.3 is 0 Å². The van der Waals surface area contributed by atoms with Gasteiger partial charge in [0.1, 0.15) is 5.75 Å². The highest BCUT2D eigenvalue weighted by Crippen LogP contribution is 2.19. The number of nitrogens with zero attached hydrogens (tertiary/aromatic N) is 1. The molecule has 1 fully saturated rings. The Morgan fingerprint density at radius 3 is 2.83 bits per heavy atom. The van der Waals surface area contributed by atoms with Crippen molar-refractivity contribution in [1.29, 1.82) is 0 Å². The van der Waals surface area contributed by atoms with E-state index in [1.807, 2.05) is 13.0 Å². The van der Waals surface area contributed by atoms with Crippen LogP contribution in [0.25, 0.3) is 0 Å². The molecule has 1 aliphatic heterocycles. The molecule has 18 heavy (non-hydrogen) atoms. The van der Waals surface area contributed by atoms with Crippen LogP contribution in [-0.4, -0.2) is 48.5 Å². The fourth-order valence-electron chi connectivity index (χ4n) is 2.20. The summed E-state index contributed by atoms with van der Waals surface area (Å²) in [5.74, 6) is 0.112. The lowest BCUT2D eigenvalue weighted by molar-refractivity contribution is 0.0958. The number of aryl methyl sites for hydroxylation is 1. The molecular formula is C14H20N2O2. The quantitative estimate of drug-likeness (QED) is 0.786. The molecule has 1 aromatic rings. The van der Waals surface area contributed by atoms with E-state index in [2.05, 4.69) is 10.2 Å². The molecule has 0 saturated carbocycles. The van der Waals surface area contributed by atoms with E-state index in [1.165, 1.54) is 0 Å². The van der Waals surface area contributed by atoms with Crippen LogP contribution in [0, 0.1) is 6.92 Å². The Balaban J connectivity index is 1.92. The maximum absolute atomic E-state index is 12.1. The summed E-state index contributed by atoms with van der Waals surface area (Å²) in [5.41, 5.74) is 1.45. The lowest BCUT2D eigenvalue weighted by Gasteiger charge is -2.26. The minimum absolute atomic E-state index is 0.0229. The maximum Gasteiger partial charge on any atom is 0.167 e. The Kier molecular flexibility index (Phi) is 4.33. The second-order valence-electron chi connectivity index (χ2n) is 4.79. The molecule has 0 unspecified atom stereocenters. The van der Waals surface area contributed by atoms with Crippen molar-refractivity contribution in [3.8, 4) is 5.75 Å². The summed E-state index contributed by atoms with van der Waals surface area (Å²) in [6.45, 7) is 6.66. The molecular weight excluding hydrogens is 228 g/mol. The zero-order chi connectivity index (χ0) is 13.0. The second kappa shape index (κ2) is 5.98. The molecule has 2 N–H and O–H groups in total. The van der Waals surface area contributed by atoms with E-state index in [0.29, 0.717) is 12.0 Å². The van der Waals surface area contributed by atoms with Crippen LogP contribution in [0.5, 0.6) is 5.75 Å². The number of carbonyl (C=O) groups excluding carboxylic acids is 1. The van der Waals surface area contributed by atoms with Crippen LogP contribution >= 0.6 is 0 Å². The van der Waals surface area contributed by atoms with E-state index in [4.69, 9.17) is 0 Å². The SMILES string of the molecule is Cc1ccc(O)c(C(=O)CCN2CCNCC2)c1. The maximum atomic E-state index is 12.1. The standard InChI is InChI=1S/C14H20N2O2/c1-11-2-3-13(17)12(10-11)14(18)4-7-16-8-5-15-6-9-16/h2-3,10,15,17H,4-9H2,1H3. The Bertz CT molecular complexity index is 426. The van der Waals surface area contributed by atoms with Crippen molar-refractivity contribution in [3.05, 3.63) is 29.3 Å². The smallest absolute Gasteiger partial charge is 0.167 e. The van der Waals surface area contributed by atoms with E-state index in [-0.39, 0.29) is 11.5 Å². The molecule has 0 aromatic heterocycles. The molecule has 2 rings (SSSR count). The first-order valence-corrected chi connectivity index (χ1v) is 6.43. The normalized spacial score (nSPS) is 16.7. The number of phenols is 1. The van der Waals surface area contributed by atoms with Crippen LogP contribution < -0.4 is 5.32 Å². The number of ketones is 1. The summed E-state index contributed by atoms with van der Waals surface area (Å²) in [5, 5.41) is 13.0. The first-order chi connectivity index (χ1) is 8.66. The van der Waals surface area contributed by atoms with Gasteiger partial charge in [-0.05, 0) is 19.1 Å². The largest absolute Gasteiger partial charge is 0.507 e. The van der Waals surface area contributed by atoms with Gasteiger partial charge < -0.3 is 15.3 Å². The first kappa shape index (κ1) is 13.1. The predicted molar refractivity (Wildman–Crippen MR) is 71.1 cm³/mol. The van der Waals surface area contributed by atoms with Crippen molar-refractivity contribution in [2.45, 2.75) is 13.3 Å². The van der Waals surface area contributed by atoms with Gasteiger partial charge in [-0.2, -0.15) is 0 Å². The van der Waals surface area contributed by atoms with Crippen molar-refractivity contribution in [2.24, 2.45) is 0 Å². The third-order valence-corrected chi connectivity index (χ3v) is 3.32. The average molecular weight is 248 g/mol. The Hall–Kier alpha value is -1.39. The Labute approximate surface area is 108 Å². The van der Waals surface area contributed by atoms with Crippen LogP contribution in [0.2, 0.25) is 0 Å². The van der Waals surface area contributed by atoms with Gasteiger partial charge in [0.25, 0.3) is 0 Å². The number of aromatic hydroxyl groups is 1. The number of carbonyl (C=O) groups is 1. The van der Waals surface area contributed by atoms with Crippen molar-refractivity contribution in [2.75, 3.05) is 32.7 Å². The lowest BCUT2D eigenvalue weighted by Crippen LogP contribution is -2.44. The third-order valence-electron chi connectivity index (χ3n) is 3.32. The highest BCUT2D eigenvalue weighted by Gasteiger charge is 2.14. The van der Waals surface area contributed by atoms with Gasteiger partial charge in [-0.1, -0.05) is 11.6 Å². The molecule has 0 aliphatic carbocycles. The molecule has 1 saturated heterocycles. The molecule has 4 nitrogen and oxygen atoms in total. The monoisotopic (exact) mass is 248 g/mol. The van der Waals surface area contributed by atoms with Gasteiger partial charge in [0.05, 0.1) is 5.56 Å². The van der Waals surface area contributed by atoms with Gasteiger partial charge in [-0.3, -0.25) is 4.79 Å². The summed E-state index contributed by atoms with van der Waals surface area (Å²) >= 11 is 0. The minimum Gasteiger partial charge on any atom is -0.507 e. The Morgan fingerprint density at radius 2 is 2.11 bits per heavy atom. The van der Waals surface area contributed by atoms with Gasteiger partial charge in [0.2, 0.25) is 0 Å². The van der Waals surface area contributed by atoms with E-state index >= 15 is 0 Å². The summed E-state index contributed by atoms with van der Waals surface area (Å²) in [6, 6.07) is 5.16. The highest BCUT2D eigenvalue weighted by atomic mass is 16.3. The highest BCUT2D eigenvalue weighted by molar-refractivity contribution is 5.98. The van der Waals surface area contributed by atoms with Gasteiger partial charge in [-0.15, -0.1) is 0 Å². The van der Waals surface area contributed by atoms with Gasteiger partial charge in [-0.25, -0.2) is 0 Å². The second-order valence-corrected chi connectivity index (χ2v) is 4.79. The zero-order valence-electron chi connectivity index (χ0n) is 10.8. The average Bonchev–Trinajstić information content (AvgIpc) is 2.40. The molecule has 4 heteroatoms. The summed E-state index contributed by atoms with van der Waals surface area (Å²) in [4.78, 5) is 14.3. The lowest BCUT2D eigenvalue weighted by atomic mass is 10.0.